The Kier molecular flexibility index (Phi) is 4.04. The predicted octanol–water partition coefficient (Wildman–Crippen LogP) is 3.37. The number of pyridine rings is 1. The predicted molar refractivity (Wildman–Crippen MR) is 84.8 cm³/mol. The Hall–Kier alpha value is -2.10. The number of aromatic amines is 1. The van der Waals surface area contributed by atoms with E-state index < -0.39 is 0 Å². The van der Waals surface area contributed by atoms with Gasteiger partial charge in [-0.15, -0.1) is 0 Å². The number of rotatable bonds is 4. The van der Waals surface area contributed by atoms with Gasteiger partial charge in [-0.05, 0) is 30.5 Å². The highest BCUT2D eigenvalue weighted by molar-refractivity contribution is 5.90. The van der Waals surface area contributed by atoms with Gasteiger partial charge in [-0.25, -0.2) is 0 Å². The number of carbonyl (C=O) groups excluding carboxylic acids is 1. The second-order valence-corrected chi connectivity index (χ2v) is 5.52. The smallest absolute Gasteiger partial charge is 0.222 e. The van der Waals surface area contributed by atoms with E-state index in [0.29, 0.717) is 6.42 Å². The molecule has 4 heteroatoms. The lowest BCUT2D eigenvalue weighted by Crippen LogP contribution is -2.34. The molecule has 21 heavy (non-hydrogen) atoms. The molecule has 2 aromatic rings. The second-order valence-electron chi connectivity index (χ2n) is 5.52. The molecule has 0 saturated heterocycles. The molecule has 110 valence electrons. The largest absolute Gasteiger partial charge is 0.359 e. The zero-order valence-electron chi connectivity index (χ0n) is 12.4. The average Bonchev–Trinajstić information content (AvgIpc) is 2.97. The van der Waals surface area contributed by atoms with Crippen molar-refractivity contribution in [3.05, 3.63) is 36.2 Å². The van der Waals surface area contributed by atoms with E-state index in [0.717, 1.165) is 43.4 Å². The second kappa shape index (κ2) is 6.12. The van der Waals surface area contributed by atoms with Gasteiger partial charge in [0.2, 0.25) is 5.91 Å². The number of amides is 1. The molecule has 1 aliphatic heterocycles. The van der Waals surface area contributed by atoms with Gasteiger partial charge in [-0.2, -0.15) is 0 Å². The molecule has 2 aromatic heterocycles. The third-order valence-corrected chi connectivity index (χ3v) is 4.09. The Balaban J connectivity index is 1.74. The van der Waals surface area contributed by atoms with Crippen LogP contribution < -0.4 is 0 Å². The molecule has 0 saturated carbocycles. The zero-order chi connectivity index (χ0) is 14.7. The van der Waals surface area contributed by atoms with E-state index in [1.807, 2.05) is 29.4 Å². The minimum atomic E-state index is 0.282. The van der Waals surface area contributed by atoms with Crippen LogP contribution in [0.4, 0.5) is 0 Å². The maximum atomic E-state index is 12.0. The van der Waals surface area contributed by atoms with Gasteiger partial charge >= 0.3 is 0 Å². The molecule has 1 amide bonds. The molecule has 0 fully saturated rings. The van der Waals surface area contributed by atoms with E-state index in [2.05, 4.69) is 23.0 Å². The van der Waals surface area contributed by atoms with Crippen LogP contribution in [0.15, 0.2) is 30.6 Å². The molecular formula is C17H21N3O. The standard InChI is InChI=1S/C17H21N3O/c1-2-3-6-16(21)20-10-7-13(8-11-20)14-12-19-15-5-4-9-18-17(14)15/h4-5,7,9,12,19H,2-3,6,8,10-11H2,1H3. The average molecular weight is 283 g/mol. The highest BCUT2D eigenvalue weighted by Crippen LogP contribution is 2.28. The number of unbranched alkanes of at least 4 members (excludes halogenated alkanes) is 1. The van der Waals surface area contributed by atoms with Crippen molar-refractivity contribution in [3.63, 3.8) is 0 Å². The summed E-state index contributed by atoms with van der Waals surface area (Å²) < 4.78 is 0. The maximum absolute atomic E-state index is 12.0. The van der Waals surface area contributed by atoms with Gasteiger partial charge in [-0.3, -0.25) is 9.78 Å². The highest BCUT2D eigenvalue weighted by Gasteiger charge is 2.19. The van der Waals surface area contributed by atoms with Gasteiger partial charge in [0.05, 0.1) is 11.0 Å². The first-order chi connectivity index (χ1) is 10.3. The Morgan fingerprint density at radius 3 is 3.14 bits per heavy atom. The number of fused-ring (bicyclic) bond motifs is 1. The van der Waals surface area contributed by atoms with Crippen molar-refractivity contribution in [1.29, 1.82) is 0 Å². The topological polar surface area (TPSA) is 49.0 Å². The Bertz CT molecular complexity index is 671. The molecule has 1 aliphatic rings. The Morgan fingerprint density at radius 2 is 2.38 bits per heavy atom. The number of aromatic nitrogens is 2. The molecule has 0 spiro atoms. The molecule has 3 heterocycles. The molecule has 0 bridgehead atoms. The van der Waals surface area contributed by atoms with Crippen LogP contribution in [0.3, 0.4) is 0 Å². The van der Waals surface area contributed by atoms with Crippen molar-refractivity contribution in [2.75, 3.05) is 13.1 Å². The normalized spacial score (nSPS) is 15.3. The minimum absolute atomic E-state index is 0.282. The summed E-state index contributed by atoms with van der Waals surface area (Å²) in [6.07, 6.45) is 9.65. The fraction of sp³-hybridized carbons (Fsp3) is 0.412. The minimum Gasteiger partial charge on any atom is -0.359 e. The van der Waals surface area contributed by atoms with Crippen molar-refractivity contribution in [2.45, 2.75) is 32.6 Å². The van der Waals surface area contributed by atoms with Crippen LogP contribution >= 0.6 is 0 Å². The number of hydrogen-bond acceptors (Lipinski definition) is 2. The van der Waals surface area contributed by atoms with Crippen LogP contribution in [-0.4, -0.2) is 33.9 Å². The lowest BCUT2D eigenvalue weighted by Gasteiger charge is -2.26. The van der Waals surface area contributed by atoms with E-state index in [-0.39, 0.29) is 5.91 Å². The summed E-state index contributed by atoms with van der Waals surface area (Å²) in [4.78, 5) is 21.7. The van der Waals surface area contributed by atoms with Gasteiger partial charge in [0.15, 0.2) is 0 Å². The molecule has 3 rings (SSSR count). The van der Waals surface area contributed by atoms with E-state index in [9.17, 15) is 4.79 Å². The van der Waals surface area contributed by atoms with Gasteiger partial charge in [-0.1, -0.05) is 19.4 Å². The van der Waals surface area contributed by atoms with Crippen LogP contribution in [0.2, 0.25) is 0 Å². The van der Waals surface area contributed by atoms with Gasteiger partial charge < -0.3 is 9.88 Å². The summed E-state index contributed by atoms with van der Waals surface area (Å²) in [6, 6.07) is 3.97. The summed E-state index contributed by atoms with van der Waals surface area (Å²) in [6.45, 7) is 3.65. The van der Waals surface area contributed by atoms with Crippen LogP contribution in [-0.2, 0) is 4.79 Å². The molecule has 0 aromatic carbocycles. The Morgan fingerprint density at radius 1 is 1.48 bits per heavy atom. The number of hydrogen-bond donors (Lipinski definition) is 1. The molecule has 0 aliphatic carbocycles. The first kappa shape index (κ1) is 13.9. The zero-order valence-corrected chi connectivity index (χ0v) is 12.4. The maximum Gasteiger partial charge on any atom is 0.222 e. The number of carbonyl (C=O) groups is 1. The fourth-order valence-electron chi connectivity index (χ4n) is 2.83. The molecule has 4 nitrogen and oxygen atoms in total. The van der Waals surface area contributed by atoms with E-state index in [1.165, 1.54) is 11.1 Å². The SMILES string of the molecule is CCCCC(=O)N1CC=C(c2c[nH]c3cccnc23)CC1. The van der Waals surface area contributed by atoms with Crippen molar-refractivity contribution in [3.8, 4) is 0 Å². The number of H-pyrrole nitrogens is 1. The Labute approximate surface area is 124 Å². The molecular weight excluding hydrogens is 262 g/mol. The quantitative estimate of drug-likeness (QED) is 0.935. The number of nitrogens with zero attached hydrogens (tertiary/aromatic N) is 2. The molecule has 0 atom stereocenters. The van der Waals surface area contributed by atoms with Crippen LogP contribution in [0.5, 0.6) is 0 Å². The first-order valence-corrected chi connectivity index (χ1v) is 7.69. The summed E-state index contributed by atoms with van der Waals surface area (Å²) in [7, 11) is 0. The summed E-state index contributed by atoms with van der Waals surface area (Å²) >= 11 is 0. The van der Waals surface area contributed by atoms with Crippen LogP contribution in [0, 0.1) is 0 Å². The van der Waals surface area contributed by atoms with Gasteiger partial charge in [0.1, 0.15) is 0 Å². The van der Waals surface area contributed by atoms with Crippen molar-refractivity contribution in [1.82, 2.24) is 14.9 Å². The van der Waals surface area contributed by atoms with Crippen LogP contribution in [0.1, 0.15) is 38.2 Å². The molecule has 1 N–H and O–H groups in total. The molecule has 0 radical (unpaired) electrons. The van der Waals surface area contributed by atoms with Crippen molar-refractivity contribution in [2.24, 2.45) is 0 Å². The summed E-state index contributed by atoms with van der Waals surface area (Å²) in [5, 5.41) is 0. The summed E-state index contributed by atoms with van der Waals surface area (Å²) in [5.41, 5.74) is 4.55. The number of nitrogens with one attached hydrogen (secondary N) is 1. The van der Waals surface area contributed by atoms with E-state index in [1.54, 1.807) is 0 Å². The molecule has 0 unspecified atom stereocenters. The third-order valence-electron chi connectivity index (χ3n) is 4.09. The fourth-order valence-corrected chi connectivity index (χ4v) is 2.83. The van der Waals surface area contributed by atoms with Gasteiger partial charge in [0.25, 0.3) is 0 Å². The lowest BCUT2D eigenvalue weighted by molar-refractivity contribution is -0.130. The van der Waals surface area contributed by atoms with Crippen molar-refractivity contribution >= 4 is 22.5 Å². The third kappa shape index (κ3) is 2.84. The summed E-state index contributed by atoms with van der Waals surface area (Å²) in [5.74, 6) is 0.282. The first-order valence-electron chi connectivity index (χ1n) is 7.69. The highest BCUT2D eigenvalue weighted by atomic mass is 16.2. The van der Waals surface area contributed by atoms with E-state index >= 15 is 0 Å². The van der Waals surface area contributed by atoms with Gasteiger partial charge in [0, 0.05) is 37.5 Å². The van der Waals surface area contributed by atoms with Crippen molar-refractivity contribution < 1.29 is 4.79 Å². The lowest BCUT2D eigenvalue weighted by atomic mass is 10.0. The monoisotopic (exact) mass is 283 g/mol. The van der Waals surface area contributed by atoms with E-state index in [4.69, 9.17) is 0 Å². The van der Waals surface area contributed by atoms with Crippen LogP contribution in [0.25, 0.3) is 16.6 Å².